The molecule has 0 atom stereocenters. The second-order valence-electron chi connectivity index (χ2n) is 4.72. The second kappa shape index (κ2) is 5.61. The van der Waals surface area contributed by atoms with Gasteiger partial charge in [0.05, 0.1) is 6.42 Å². The van der Waals surface area contributed by atoms with Gasteiger partial charge in [-0.3, -0.25) is 4.79 Å². The number of hydrogen-bond donors (Lipinski definition) is 2. The van der Waals surface area contributed by atoms with Crippen molar-refractivity contribution in [1.82, 2.24) is 9.97 Å². The van der Waals surface area contributed by atoms with Gasteiger partial charge in [0.2, 0.25) is 0 Å². The number of carboxylic acid groups (broad SMARTS) is 1. The largest absolute Gasteiger partial charge is 0.481 e. The molecule has 0 radical (unpaired) electrons. The van der Waals surface area contributed by atoms with E-state index in [9.17, 15) is 4.79 Å². The van der Waals surface area contributed by atoms with Crippen molar-refractivity contribution in [2.24, 2.45) is 0 Å². The molecule has 1 heterocycles. The van der Waals surface area contributed by atoms with Crippen molar-refractivity contribution >= 4 is 11.8 Å². The molecule has 0 spiro atoms. The van der Waals surface area contributed by atoms with Crippen molar-refractivity contribution < 1.29 is 9.90 Å². The highest BCUT2D eigenvalue weighted by Crippen LogP contribution is 2.16. The summed E-state index contributed by atoms with van der Waals surface area (Å²) in [5.74, 6) is -0.153. The minimum atomic E-state index is -0.828. The van der Waals surface area contributed by atoms with Gasteiger partial charge in [-0.15, -0.1) is 0 Å². The van der Waals surface area contributed by atoms with Gasteiger partial charge in [0, 0.05) is 17.3 Å². The Morgan fingerprint density at radius 1 is 1.47 bits per heavy atom. The fourth-order valence-electron chi connectivity index (χ4n) is 1.63. The molecular weight excluding hydrogens is 218 g/mol. The van der Waals surface area contributed by atoms with Gasteiger partial charge >= 0.3 is 5.97 Å². The highest BCUT2D eigenvalue weighted by Gasteiger charge is 2.21. The van der Waals surface area contributed by atoms with Gasteiger partial charge in [0.1, 0.15) is 12.1 Å². The Kier molecular flexibility index (Phi) is 4.43. The molecule has 0 bridgehead atoms. The molecule has 0 saturated heterocycles. The van der Waals surface area contributed by atoms with E-state index >= 15 is 0 Å². The van der Waals surface area contributed by atoms with Crippen LogP contribution in [0.2, 0.25) is 0 Å². The minimum Gasteiger partial charge on any atom is -0.481 e. The van der Waals surface area contributed by atoms with E-state index < -0.39 is 11.5 Å². The van der Waals surface area contributed by atoms with Crippen LogP contribution in [0.15, 0.2) is 12.4 Å². The summed E-state index contributed by atoms with van der Waals surface area (Å²) in [5.41, 5.74) is 0.444. The molecule has 0 aromatic carbocycles. The number of carbonyl (C=O) groups is 1. The molecule has 2 N–H and O–H groups in total. The van der Waals surface area contributed by atoms with E-state index in [-0.39, 0.29) is 6.42 Å². The topological polar surface area (TPSA) is 75.1 Å². The van der Waals surface area contributed by atoms with E-state index in [4.69, 9.17) is 5.11 Å². The van der Waals surface area contributed by atoms with Gasteiger partial charge < -0.3 is 10.4 Å². The smallest absolute Gasteiger partial charge is 0.305 e. The number of aryl methyl sites for hydroxylation is 1. The summed E-state index contributed by atoms with van der Waals surface area (Å²) >= 11 is 0. The molecule has 0 aliphatic carbocycles. The quantitative estimate of drug-likeness (QED) is 0.792. The number of aromatic nitrogens is 2. The van der Waals surface area contributed by atoms with Crippen molar-refractivity contribution in [3.63, 3.8) is 0 Å². The molecule has 1 aromatic rings. The van der Waals surface area contributed by atoms with E-state index in [1.165, 1.54) is 6.33 Å². The van der Waals surface area contributed by atoms with Gasteiger partial charge in [-0.05, 0) is 20.3 Å². The molecule has 0 saturated carbocycles. The number of carboxylic acids is 1. The fraction of sp³-hybridized carbons (Fsp3) is 0.583. The van der Waals surface area contributed by atoms with E-state index in [0.29, 0.717) is 5.82 Å². The predicted molar refractivity (Wildman–Crippen MR) is 66.0 cm³/mol. The van der Waals surface area contributed by atoms with Gasteiger partial charge in [-0.2, -0.15) is 0 Å². The first-order valence-electron chi connectivity index (χ1n) is 5.74. The number of aliphatic carboxylic acids is 1. The number of anilines is 1. The van der Waals surface area contributed by atoms with Crippen molar-refractivity contribution in [3.05, 3.63) is 18.1 Å². The summed E-state index contributed by atoms with van der Waals surface area (Å²) in [7, 11) is 0. The van der Waals surface area contributed by atoms with E-state index in [2.05, 4.69) is 22.2 Å². The maximum absolute atomic E-state index is 10.7. The monoisotopic (exact) mass is 237 g/mol. The fourth-order valence-corrected chi connectivity index (χ4v) is 1.63. The zero-order valence-electron chi connectivity index (χ0n) is 10.5. The maximum atomic E-state index is 10.7. The summed E-state index contributed by atoms with van der Waals surface area (Å²) < 4.78 is 0. The van der Waals surface area contributed by atoms with Crippen molar-refractivity contribution in [2.75, 3.05) is 5.32 Å². The first kappa shape index (κ1) is 13.4. The van der Waals surface area contributed by atoms with Gasteiger partial charge in [0.15, 0.2) is 0 Å². The summed E-state index contributed by atoms with van der Waals surface area (Å²) in [5, 5.41) is 11.9. The average Bonchev–Trinajstić information content (AvgIpc) is 2.15. The number of hydrogen-bond acceptors (Lipinski definition) is 4. The minimum absolute atomic E-state index is 0.0418. The molecule has 5 nitrogen and oxygen atoms in total. The number of nitrogens with one attached hydrogen (secondary N) is 1. The summed E-state index contributed by atoms with van der Waals surface area (Å²) in [6, 6.07) is 1.87. The maximum Gasteiger partial charge on any atom is 0.305 e. The van der Waals surface area contributed by atoms with Crippen molar-refractivity contribution in [3.8, 4) is 0 Å². The summed E-state index contributed by atoms with van der Waals surface area (Å²) in [6.07, 6.45) is 3.47. The molecule has 0 fully saturated rings. The lowest BCUT2D eigenvalue weighted by Crippen LogP contribution is -2.34. The van der Waals surface area contributed by atoms with Crippen molar-refractivity contribution in [2.45, 2.75) is 45.6 Å². The van der Waals surface area contributed by atoms with Crippen LogP contribution < -0.4 is 5.32 Å². The van der Waals surface area contributed by atoms with Crippen LogP contribution in [0.3, 0.4) is 0 Å². The first-order chi connectivity index (χ1) is 7.93. The number of nitrogens with zero attached hydrogens (tertiary/aromatic N) is 2. The van der Waals surface area contributed by atoms with Crippen LogP contribution in [-0.4, -0.2) is 26.6 Å². The molecule has 0 aliphatic heterocycles. The second-order valence-corrected chi connectivity index (χ2v) is 4.72. The Bertz CT molecular complexity index is 391. The lowest BCUT2D eigenvalue weighted by atomic mass is 10.0. The third-order valence-electron chi connectivity index (χ3n) is 2.29. The van der Waals surface area contributed by atoms with Crippen LogP contribution in [0.25, 0.3) is 0 Å². The molecule has 94 valence electrons. The Balaban J connectivity index is 2.73. The average molecular weight is 237 g/mol. The third-order valence-corrected chi connectivity index (χ3v) is 2.29. The zero-order valence-corrected chi connectivity index (χ0v) is 10.5. The van der Waals surface area contributed by atoms with Gasteiger partial charge in [-0.1, -0.05) is 13.3 Å². The molecule has 1 rings (SSSR count). The Labute approximate surface area is 101 Å². The Morgan fingerprint density at radius 2 is 2.18 bits per heavy atom. The molecule has 0 unspecified atom stereocenters. The van der Waals surface area contributed by atoms with Crippen LogP contribution in [0.1, 0.15) is 39.3 Å². The normalized spacial score (nSPS) is 11.2. The molecule has 17 heavy (non-hydrogen) atoms. The highest BCUT2D eigenvalue weighted by atomic mass is 16.4. The van der Waals surface area contributed by atoms with Crippen LogP contribution in [0.5, 0.6) is 0 Å². The molecule has 0 aliphatic rings. The Hall–Kier alpha value is -1.65. The van der Waals surface area contributed by atoms with Crippen LogP contribution in [0.4, 0.5) is 5.82 Å². The third kappa shape index (κ3) is 4.80. The standard InChI is InChI=1S/C12H19N3O2/c1-4-5-9-6-10(14-8-13-9)15-12(2,3)7-11(16)17/h6,8H,4-5,7H2,1-3H3,(H,16,17)(H,13,14,15). The van der Waals surface area contributed by atoms with E-state index in [1.54, 1.807) is 0 Å². The van der Waals surface area contributed by atoms with E-state index in [0.717, 1.165) is 18.5 Å². The highest BCUT2D eigenvalue weighted by molar-refractivity contribution is 5.69. The number of rotatable bonds is 6. The van der Waals surface area contributed by atoms with E-state index in [1.807, 2.05) is 19.9 Å². The zero-order chi connectivity index (χ0) is 12.9. The van der Waals surface area contributed by atoms with Crippen LogP contribution in [0, 0.1) is 0 Å². The molecule has 5 heteroatoms. The lowest BCUT2D eigenvalue weighted by Gasteiger charge is -2.24. The molecule has 1 aromatic heterocycles. The molecule has 0 amide bonds. The SMILES string of the molecule is CCCc1cc(NC(C)(C)CC(=O)O)ncn1. The molecular formula is C12H19N3O2. The van der Waals surface area contributed by atoms with Crippen LogP contribution in [-0.2, 0) is 11.2 Å². The summed E-state index contributed by atoms with van der Waals surface area (Å²) in [6.45, 7) is 5.76. The van der Waals surface area contributed by atoms with Gasteiger partial charge in [-0.25, -0.2) is 9.97 Å². The first-order valence-corrected chi connectivity index (χ1v) is 5.74. The Morgan fingerprint density at radius 3 is 2.76 bits per heavy atom. The lowest BCUT2D eigenvalue weighted by molar-refractivity contribution is -0.137. The predicted octanol–water partition coefficient (Wildman–Crippen LogP) is 2.09. The summed E-state index contributed by atoms with van der Waals surface area (Å²) in [4.78, 5) is 19.0. The van der Waals surface area contributed by atoms with Crippen LogP contribution >= 0.6 is 0 Å². The van der Waals surface area contributed by atoms with Gasteiger partial charge in [0.25, 0.3) is 0 Å². The van der Waals surface area contributed by atoms with Crippen molar-refractivity contribution in [1.29, 1.82) is 0 Å².